The first-order valence-corrected chi connectivity index (χ1v) is 10.4. The summed E-state index contributed by atoms with van der Waals surface area (Å²) in [7, 11) is 1.97. The maximum absolute atomic E-state index is 11.6. The number of rotatable bonds is 6. The van der Waals surface area contributed by atoms with Gasteiger partial charge in [0.2, 0.25) is 5.91 Å². The second kappa shape index (κ2) is 8.39. The van der Waals surface area contributed by atoms with Gasteiger partial charge in [-0.2, -0.15) is 0 Å². The Balaban J connectivity index is 1.42. The minimum Gasteiger partial charge on any atom is -0.374 e. The van der Waals surface area contributed by atoms with Crippen LogP contribution < -0.4 is 5.32 Å². The van der Waals surface area contributed by atoms with E-state index in [1.54, 1.807) is 0 Å². The van der Waals surface area contributed by atoms with Crippen molar-refractivity contribution in [3.05, 3.63) is 60.3 Å². The number of benzene rings is 2. The van der Waals surface area contributed by atoms with Gasteiger partial charge in [0.05, 0.1) is 0 Å². The first-order valence-electron chi connectivity index (χ1n) is 10.4. The molecule has 5 heteroatoms. The van der Waals surface area contributed by atoms with E-state index in [9.17, 15) is 9.90 Å². The molecule has 0 radical (unpaired) electrons. The molecule has 1 aliphatic rings. The number of aromatic nitrogens is 1. The van der Waals surface area contributed by atoms with Crippen molar-refractivity contribution in [2.24, 2.45) is 0 Å². The number of aromatic amines is 1. The normalized spacial score (nSPS) is 20.3. The number of fused-ring (bicyclic) bond motifs is 1. The van der Waals surface area contributed by atoms with Gasteiger partial charge in [-0.15, -0.1) is 0 Å². The minimum atomic E-state index is -0.651. The van der Waals surface area contributed by atoms with Crippen molar-refractivity contribution < 1.29 is 9.90 Å². The van der Waals surface area contributed by atoms with Crippen LogP contribution in [0.1, 0.15) is 44.4 Å². The van der Waals surface area contributed by atoms with Gasteiger partial charge in [0.25, 0.3) is 0 Å². The lowest BCUT2D eigenvalue weighted by atomic mass is 10.0. The van der Waals surface area contributed by atoms with Crippen LogP contribution in [0.5, 0.6) is 0 Å². The van der Waals surface area contributed by atoms with Gasteiger partial charge in [-0.3, -0.25) is 9.69 Å². The molecule has 0 bridgehead atoms. The first-order chi connectivity index (χ1) is 14.0. The molecule has 0 aliphatic heterocycles. The van der Waals surface area contributed by atoms with E-state index in [1.165, 1.54) is 5.39 Å². The molecule has 4 rings (SSSR count). The zero-order chi connectivity index (χ0) is 20.4. The Morgan fingerprint density at radius 1 is 1.17 bits per heavy atom. The van der Waals surface area contributed by atoms with Crippen LogP contribution in [0.15, 0.2) is 54.7 Å². The highest BCUT2D eigenvalue weighted by molar-refractivity contribution is 5.85. The van der Waals surface area contributed by atoms with E-state index in [2.05, 4.69) is 46.7 Å². The quantitative estimate of drug-likeness (QED) is 0.552. The third kappa shape index (κ3) is 4.21. The van der Waals surface area contributed by atoms with Gasteiger partial charge in [-0.25, -0.2) is 0 Å². The summed E-state index contributed by atoms with van der Waals surface area (Å²) in [5, 5.41) is 15.1. The minimum absolute atomic E-state index is 0.104. The lowest BCUT2D eigenvalue weighted by Gasteiger charge is -2.30. The molecule has 1 heterocycles. The SMILES string of the molecule is CCC(=O)NC1CCC(N(C)C(O)c2ccc(-c3ccc4[nH]ccc4c3)cc2)C1. The third-order valence-corrected chi connectivity index (χ3v) is 6.15. The van der Waals surface area contributed by atoms with Crippen molar-refractivity contribution in [3.63, 3.8) is 0 Å². The summed E-state index contributed by atoms with van der Waals surface area (Å²) in [6, 6.07) is 17.1. The fraction of sp³-hybridized carbons (Fsp3) is 0.375. The number of nitrogens with zero attached hydrogens (tertiary/aromatic N) is 1. The summed E-state index contributed by atoms with van der Waals surface area (Å²) in [5.41, 5.74) is 4.32. The van der Waals surface area contributed by atoms with Crippen molar-refractivity contribution in [1.82, 2.24) is 15.2 Å². The zero-order valence-corrected chi connectivity index (χ0v) is 17.1. The molecule has 29 heavy (non-hydrogen) atoms. The molecule has 0 saturated heterocycles. The number of hydrogen-bond donors (Lipinski definition) is 3. The maximum Gasteiger partial charge on any atom is 0.219 e. The van der Waals surface area contributed by atoms with Crippen molar-refractivity contribution in [3.8, 4) is 11.1 Å². The van der Waals surface area contributed by atoms with E-state index in [-0.39, 0.29) is 18.0 Å². The molecular weight excluding hydrogens is 362 g/mol. The van der Waals surface area contributed by atoms with Crippen LogP contribution in [0.4, 0.5) is 0 Å². The third-order valence-electron chi connectivity index (χ3n) is 6.15. The van der Waals surface area contributed by atoms with Crippen LogP contribution >= 0.6 is 0 Å². The Bertz CT molecular complexity index is 979. The van der Waals surface area contributed by atoms with E-state index in [0.717, 1.165) is 41.5 Å². The summed E-state index contributed by atoms with van der Waals surface area (Å²) in [4.78, 5) is 16.9. The van der Waals surface area contributed by atoms with E-state index >= 15 is 0 Å². The standard InChI is InChI=1S/C24H29N3O2/c1-3-23(28)26-20-9-10-21(15-20)27(2)24(29)17-6-4-16(5-7-17)18-8-11-22-19(14-18)12-13-25-22/h4-8,11-14,20-21,24-25,29H,3,9-10,15H2,1-2H3,(H,26,28). The summed E-state index contributed by atoms with van der Waals surface area (Å²) >= 11 is 0. The van der Waals surface area contributed by atoms with Gasteiger partial charge in [0.15, 0.2) is 0 Å². The molecular formula is C24H29N3O2. The molecule has 3 atom stereocenters. The van der Waals surface area contributed by atoms with Gasteiger partial charge in [0.1, 0.15) is 6.23 Å². The smallest absolute Gasteiger partial charge is 0.219 e. The number of nitrogens with one attached hydrogen (secondary N) is 2. The van der Waals surface area contributed by atoms with Crippen LogP contribution in [0.25, 0.3) is 22.0 Å². The van der Waals surface area contributed by atoms with Crippen molar-refractivity contribution >= 4 is 16.8 Å². The number of aliphatic hydroxyl groups is 1. The predicted octanol–water partition coefficient (Wildman–Crippen LogP) is 4.20. The van der Waals surface area contributed by atoms with Gasteiger partial charge < -0.3 is 15.4 Å². The Kier molecular flexibility index (Phi) is 5.69. The Morgan fingerprint density at radius 3 is 2.69 bits per heavy atom. The topological polar surface area (TPSA) is 68.4 Å². The summed E-state index contributed by atoms with van der Waals surface area (Å²) in [5.74, 6) is 0.104. The second-order valence-electron chi connectivity index (χ2n) is 8.03. The molecule has 1 saturated carbocycles. The number of carbonyl (C=O) groups is 1. The van der Waals surface area contributed by atoms with E-state index < -0.39 is 6.23 Å². The first kappa shape index (κ1) is 19.7. The predicted molar refractivity (Wildman–Crippen MR) is 116 cm³/mol. The van der Waals surface area contributed by atoms with Gasteiger partial charge >= 0.3 is 0 Å². The molecule has 1 fully saturated rings. The lowest BCUT2D eigenvalue weighted by Crippen LogP contribution is -2.37. The molecule has 2 aromatic carbocycles. The average Bonchev–Trinajstić information content (AvgIpc) is 3.41. The fourth-order valence-corrected chi connectivity index (χ4v) is 4.30. The average molecular weight is 392 g/mol. The molecule has 152 valence electrons. The molecule has 3 aromatic rings. The van der Waals surface area contributed by atoms with Crippen LogP contribution in [0, 0.1) is 0 Å². The van der Waals surface area contributed by atoms with Crippen LogP contribution in [0.3, 0.4) is 0 Å². The molecule has 1 aliphatic carbocycles. The molecule has 0 spiro atoms. The Morgan fingerprint density at radius 2 is 1.93 bits per heavy atom. The molecule has 3 N–H and O–H groups in total. The Hall–Kier alpha value is -2.63. The number of aliphatic hydroxyl groups excluding tert-OH is 1. The highest BCUT2D eigenvalue weighted by Crippen LogP contribution is 2.30. The van der Waals surface area contributed by atoms with Gasteiger partial charge in [-0.05, 0) is 66.6 Å². The van der Waals surface area contributed by atoms with Crippen molar-refractivity contribution in [2.75, 3.05) is 7.05 Å². The summed E-state index contributed by atoms with van der Waals surface area (Å²) in [6.07, 6.45) is 4.65. The maximum atomic E-state index is 11.6. The van der Waals surface area contributed by atoms with E-state index in [1.807, 2.05) is 37.2 Å². The second-order valence-corrected chi connectivity index (χ2v) is 8.03. The number of H-pyrrole nitrogens is 1. The molecule has 1 amide bonds. The Labute approximate surface area is 171 Å². The van der Waals surface area contributed by atoms with Crippen LogP contribution in [-0.4, -0.2) is 40.0 Å². The zero-order valence-electron chi connectivity index (χ0n) is 17.1. The summed E-state index contributed by atoms with van der Waals surface area (Å²) in [6.45, 7) is 1.87. The molecule has 3 unspecified atom stereocenters. The van der Waals surface area contributed by atoms with E-state index in [4.69, 9.17) is 0 Å². The number of amides is 1. The monoisotopic (exact) mass is 391 g/mol. The fourth-order valence-electron chi connectivity index (χ4n) is 4.30. The van der Waals surface area contributed by atoms with Crippen LogP contribution in [-0.2, 0) is 4.79 Å². The van der Waals surface area contributed by atoms with Gasteiger partial charge in [-0.1, -0.05) is 37.3 Å². The number of hydrogen-bond acceptors (Lipinski definition) is 3. The lowest BCUT2D eigenvalue weighted by molar-refractivity contribution is -0.121. The van der Waals surface area contributed by atoms with Gasteiger partial charge in [0, 0.05) is 30.2 Å². The highest BCUT2D eigenvalue weighted by Gasteiger charge is 2.31. The van der Waals surface area contributed by atoms with Crippen molar-refractivity contribution in [2.45, 2.75) is 50.9 Å². The summed E-state index contributed by atoms with van der Waals surface area (Å²) < 4.78 is 0. The highest BCUT2D eigenvalue weighted by atomic mass is 16.3. The molecule has 1 aromatic heterocycles. The van der Waals surface area contributed by atoms with Crippen LogP contribution in [0.2, 0.25) is 0 Å². The van der Waals surface area contributed by atoms with Crippen molar-refractivity contribution in [1.29, 1.82) is 0 Å². The number of carbonyl (C=O) groups excluding carboxylic acids is 1. The molecule has 5 nitrogen and oxygen atoms in total. The largest absolute Gasteiger partial charge is 0.374 e. The van der Waals surface area contributed by atoms with E-state index in [0.29, 0.717) is 6.42 Å².